The predicted molar refractivity (Wildman–Crippen MR) is 102 cm³/mol. The molecule has 3 aromatic carbocycles. The van der Waals surface area contributed by atoms with Crippen LogP contribution in [0.3, 0.4) is 0 Å². The van der Waals surface area contributed by atoms with Gasteiger partial charge in [-0.05, 0) is 41.3 Å². The summed E-state index contributed by atoms with van der Waals surface area (Å²) in [5, 5.41) is -0.244. The van der Waals surface area contributed by atoms with Gasteiger partial charge in [-0.2, -0.15) is 26.3 Å². The van der Waals surface area contributed by atoms with Crippen LogP contribution in [0.1, 0.15) is 28.4 Å². The molecule has 0 spiro atoms. The predicted octanol–water partition coefficient (Wildman–Crippen LogP) is 6.26. The Morgan fingerprint density at radius 3 is 2.00 bits per heavy atom. The molecule has 0 saturated carbocycles. The number of halogens is 6. The Balaban J connectivity index is 2.48. The largest absolute Gasteiger partial charge is 0.465 e. The zero-order valence-electron chi connectivity index (χ0n) is 16.5. The number of carbonyl (C=O) groups is 2. The highest BCUT2D eigenvalue weighted by Gasteiger charge is 2.33. The quantitative estimate of drug-likeness (QED) is 0.265. The highest BCUT2D eigenvalue weighted by Crippen LogP contribution is 2.42. The Hall–Kier alpha value is -3.56. The molecule has 0 heterocycles. The number of rotatable bonds is 3. The molecule has 0 fully saturated rings. The molecule has 0 radical (unpaired) electrons. The summed E-state index contributed by atoms with van der Waals surface area (Å²) < 4.78 is 89.6. The number of esters is 2. The third kappa shape index (κ3) is 4.53. The van der Waals surface area contributed by atoms with E-state index in [2.05, 4.69) is 4.74 Å². The first-order valence-corrected chi connectivity index (χ1v) is 8.95. The minimum Gasteiger partial charge on any atom is -0.465 e. The first kappa shape index (κ1) is 23.1. The van der Waals surface area contributed by atoms with E-state index in [9.17, 15) is 35.9 Å². The minimum atomic E-state index is -4.78. The lowest BCUT2D eigenvalue weighted by Crippen LogP contribution is -2.10. The van der Waals surface area contributed by atoms with Gasteiger partial charge in [0, 0.05) is 17.9 Å². The number of ether oxygens (including phenoxy) is 2. The van der Waals surface area contributed by atoms with Crippen molar-refractivity contribution in [3.8, 4) is 16.9 Å². The van der Waals surface area contributed by atoms with E-state index in [-0.39, 0.29) is 33.2 Å². The van der Waals surface area contributed by atoms with Crippen LogP contribution in [-0.2, 0) is 21.9 Å². The Morgan fingerprint density at radius 2 is 1.44 bits per heavy atom. The first-order valence-electron chi connectivity index (χ1n) is 8.95. The van der Waals surface area contributed by atoms with E-state index in [1.807, 2.05) is 0 Å². The second-order valence-corrected chi connectivity index (χ2v) is 6.72. The Kier molecular flexibility index (Phi) is 5.90. The van der Waals surface area contributed by atoms with E-state index in [4.69, 9.17) is 4.74 Å². The molecule has 0 N–H and O–H groups in total. The standard InChI is InChI=1S/C22H14F6O4/c1-11(29)32-18-10-17(20(30)31-2)19(12-4-3-5-13(8-12)21(23,24)25)16-9-14(22(26,27)28)6-7-15(16)18/h3-10H,1-2H3. The fourth-order valence-electron chi connectivity index (χ4n) is 3.24. The maximum Gasteiger partial charge on any atom is 0.416 e. The van der Waals surface area contributed by atoms with Gasteiger partial charge in [0.25, 0.3) is 0 Å². The normalized spacial score (nSPS) is 12.0. The molecule has 0 aliphatic carbocycles. The fraction of sp³-hybridized carbons (Fsp3) is 0.182. The number of methoxy groups -OCH3 is 1. The van der Waals surface area contributed by atoms with Crippen LogP contribution in [0, 0.1) is 0 Å². The number of benzene rings is 3. The molecule has 0 bridgehead atoms. The van der Waals surface area contributed by atoms with Crippen molar-refractivity contribution in [1.29, 1.82) is 0 Å². The van der Waals surface area contributed by atoms with Gasteiger partial charge in [-0.1, -0.05) is 18.2 Å². The van der Waals surface area contributed by atoms with Crippen LogP contribution < -0.4 is 4.74 Å². The molecule has 0 unspecified atom stereocenters. The van der Waals surface area contributed by atoms with Crippen LogP contribution in [-0.4, -0.2) is 19.0 Å². The minimum absolute atomic E-state index is 0.00624. The number of carbonyl (C=O) groups excluding carboxylic acids is 2. The van der Waals surface area contributed by atoms with Crippen LogP contribution in [0.25, 0.3) is 21.9 Å². The Labute approximate surface area is 177 Å². The van der Waals surface area contributed by atoms with Gasteiger partial charge in [-0.15, -0.1) is 0 Å². The number of hydrogen-bond acceptors (Lipinski definition) is 4. The van der Waals surface area contributed by atoms with E-state index >= 15 is 0 Å². The molecule has 4 nitrogen and oxygen atoms in total. The van der Waals surface area contributed by atoms with Crippen LogP contribution >= 0.6 is 0 Å². The van der Waals surface area contributed by atoms with Crippen LogP contribution in [0.5, 0.6) is 5.75 Å². The molecule has 0 saturated heterocycles. The van der Waals surface area contributed by atoms with Crippen molar-refractivity contribution in [2.75, 3.05) is 7.11 Å². The van der Waals surface area contributed by atoms with Gasteiger partial charge in [0.1, 0.15) is 5.75 Å². The van der Waals surface area contributed by atoms with Crippen LogP contribution in [0.15, 0.2) is 48.5 Å². The van der Waals surface area contributed by atoms with Gasteiger partial charge in [0.15, 0.2) is 0 Å². The first-order chi connectivity index (χ1) is 14.8. The molecule has 0 amide bonds. The zero-order chi connectivity index (χ0) is 23.8. The Morgan fingerprint density at radius 1 is 0.812 bits per heavy atom. The van der Waals surface area contributed by atoms with Crippen molar-refractivity contribution in [3.05, 3.63) is 65.2 Å². The molecule has 0 aliphatic rings. The molecule has 0 atom stereocenters. The van der Waals surface area contributed by atoms with E-state index < -0.39 is 35.4 Å². The van der Waals surface area contributed by atoms with Gasteiger partial charge >= 0.3 is 24.3 Å². The average Bonchev–Trinajstić information content (AvgIpc) is 2.71. The van der Waals surface area contributed by atoms with E-state index in [1.54, 1.807) is 0 Å². The number of fused-ring (bicyclic) bond motifs is 1. The molecule has 0 aliphatic heterocycles. The molecule has 10 heteroatoms. The summed E-state index contributed by atoms with van der Waals surface area (Å²) in [6.07, 6.45) is -9.51. The average molecular weight is 456 g/mol. The van der Waals surface area contributed by atoms with Gasteiger partial charge in [0.05, 0.1) is 23.8 Å². The van der Waals surface area contributed by atoms with Crippen molar-refractivity contribution in [1.82, 2.24) is 0 Å². The third-order valence-corrected chi connectivity index (χ3v) is 4.56. The lowest BCUT2D eigenvalue weighted by Gasteiger charge is -2.18. The van der Waals surface area contributed by atoms with Crippen molar-refractivity contribution >= 4 is 22.7 Å². The van der Waals surface area contributed by atoms with E-state index in [0.717, 1.165) is 44.4 Å². The van der Waals surface area contributed by atoms with Crippen LogP contribution in [0.2, 0.25) is 0 Å². The second kappa shape index (κ2) is 8.18. The molecule has 0 aromatic heterocycles. The maximum absolute atomic E-state index is 13.4. The molecule has 3 rings (SSSR count). The molecular formula is C22H14F6O4. The molecule has 32 heavy (non-hydrogen) atoms. The highest BCUT2D eigenvalue weighted by atomic mass is 19.4. The smallest absolute Gasteiger partial charge is 0.416 e. The van der Waals surface area contributed by atoms with Gasteiger partial charge < -0.3 is 9.47 Å². The highest BCUT2D eigenvalue weighted by molar-refractivity contribution is 6.11. The van der Waals surface area contributed by atoms with Gasteiger partial charge in [0.2, 0.25) is 0 Å². The van der Waals surface area contributed by atoms with Gasteiger partial charge in [-0.25, -0.2) is 4.79 Å². The summed E-state index contributed by atoms with van der Waals surface area (Å²) in [7, 11) is 1.00. The summed E-state index contributed by atoms with van der Waals surface area (Å²) in [5.74, 6) is -2.09. The summed E-state index contributed by atoms with van der Waals surface area (Å²) in [4.78, 5) is 23.9. The second-order valence-electron chi connectivity index (χ2n) is 6.72. The van der Waals surface area contributed by atoms with E-state index in [0.29, 0.717) is 12.1 Å². The maximum atomic E-state index is 13.4. The summed E-state index contributed by atoms with van der Waals surface area (Å²) in [6, 6.07) is 7.30. The van der Waals surface area contributed by atoms with Crippen molar-refractivity contribution in [2.24, 2.45) is 0 Å². The summed E-state index contributed by atoms with van der Waals surface area (Å²) in [6.45, 7) is 1.05. The van der Waals surface area contributed by atoms with Crippen LogP contribution in [0.4, 0.5) is 26.3 Å². The molecule has 168 valence electrons. The summed E-state index contributed by atoms with van der Waals surface area (Å²) in [5.41, 5.74) is -2.92. The van der Waals surface area contributed by atoms with Gasteiger partial charge in [-0.3, -0.25) is 4.79 Å². The third-order valence-electron chi connectivity index (χ3n) is 4.56. The topological polar surface area (TPSA) is 52.6 Å². The van der Waals surface area contributed by atoms with Crippen molar-refractivity contribution < 1.29 is 45.4 Å². The number of alkyl halides is 6. The lowest BCUT2D eigenvalue weighted by molar-refractivity contribution is -0.138. The molecule has 3 aromatic rings. The zero-order valence-corrected chi connectivity index (χ0v) is 16.5. The van der Waals surface area contributed by atoms with Crippen molar-refractivity contribution in [3.63, 3.8) is 0 Å². The monoisotopic (exact) mass is 456 g/mol. The summed E-state index contributed by atoms with van der Waals surface area (Å²) >= 11 is 0. The van der Waals surface area contributed by atoms with E-state index in [1.165, 1.54) is 6.07 Å². The number of hydrogen-bond donors (Lipinski definition) is 0. The van der Waals surface area contributed by atoms with Crippen molar-refractivity contribution in [2.45, 2.75) is 19.3 Å². The molecular weight excluding hydrogens is 442 g/mol. The SMILES string of the molecule is COC(=O)c1cc(OC(C)=O)c2ccc(C(F)(F)F)cc2c1-c1cccc(C(F)(F)F)c1. The Bertz CT molecular complexity index is 1210. The lowest BCUT2D eigenvalue weighted by atomic mass is 9.90. The fourth-order valence-corrected chi connectivity index (χ4v) is 3.24.